The van der Waals surface area contributed by atoms with Crippen molar-refractivity contribution >= 4 is 5.97 Å². The molecule has 20 heavy (non-hydrogen) atoms. The van der Waals surface area contributed by atoms with Crippen LogP contribution in [0.15, 0.2) is 34.9 Å². The molecule has 1 heterocycles. The normalized spacial score (nSPS) is 10.8. The van der Waals surface area contributed by atoms with Crippen LogP contribution in [0.3, 0.4) is 0 Å². The number of ether oxygens (including phenoxy) is 1. The summed E-state index contributed by atoms with van der Waals surface area (Å²) in [6, 6.07) is 7.66. The summed E-state index contributed by atoms with van der Waals surface area (Å²) in [4.78, 5) is 10.9. The second-order valence-corrected chi connectivity index (χ2v) is 5.10. The van der Waals surface area contributed by atoms with Gasteiger partial charge in [-0.1, -0.05) is 19.9 Å². The first-order valence-electron chi connectivity index (χ1n) is 6.51. The number of hydrogen-bond donors (Lipinski definition) is 1. The van der Waals surface area contributed by atoms with Crippen LogP contribution in [0.1, 0.15) is 47.0 Å². The van der Waals surface area contributed by atoms with E-state index in [1.807, 2.05) is 19.1 Å². The molecule has 0 aliphatic rings. The van der Waals surface area contributed by atoms with E-state index in [4.69, 9.17) is 14.3 Å². The lowest BCUT2D eigenvalue weighted by Crippen LogP contribution is -2.03. The van der Waals surface area contributed by atoms with Crippen molar-refractivity contribution in [2.24, 2.45) is 0 Å². The molecule has 2 aromatic rings. The van der Waals surface area contributed by atoms with E-state index in [0.717, 1.165) is 11.3 Å². The third-order valence-corrected chi connectivity index (χ3v) is 3.08. The zero-order valence-electron chi connectivity index (χ0n) is 11.8. The Morgan fingerprint density at radius 3 is 2.75 bits per heavy atom. The zero-order valence-corrected chi connectivity index (χ0v) is 11.8. The summed E-state index contributed by atoms with van der Waals surface area (Å²) < 4.78 is 10.6. The lowest BCUT2D eigenvalue weighted by atomic mass is 10.0. The van der Waals surface area contributed by atoms with Crippen LogP contribution in [0.25, 0.3) is 0 Å². The van der Waals surface area contributed by atoms with Crippen LogP contribution in [0.4, 0.5) is 0 Å². The largest absolute Gasteiger partial charge is 0.489 e. The Balaban J connectivity index is 2.14. The van der Waals surface area contributed by atoms with Gasteiger partial charge in [0.2, 0.25) is 5.76 Å². The summed E-state index contributed by atoms with van der Waals surface area (Å²) in [5.74, 6) is 0.00874. The average molecular weight is 274 g/mol. The van der Waals surface area contributed by atoms with Crippen molar-refractivity contribution in [2.75, 3.05) is 0 Å². The molecule has 0 bridgehead atoms. The number of carbonyl (C=O) groups is 1. The quantitative estimate of drug-likeness (QED) is 0.895. The van der Waals surface area contributed by atoms with E-state index in [9.17, 15) is 4.79 Å². The molecule has 1 aromatic heterocycles. The zero-order chi connectivity index (χ0) is 14.7. The third-order valence-electron chi connectivity index (χ3n) is 3.08. The Morgan fingerprint density at radius 1 is 1.35 bits per heavy atom. The predicted molar refractivity (Wildman–Crippen MR) is 75.3 cm³/mol. The van der Waals surface area contributed by atoms with Crippen LogP contribution < -0.4 is 4.74 Å². The van der Waals surface area contributed by atoms with Gasteiger partial charge in [-0.25, -0.2) is 4.79 Å². The Labute approximate surface area is 118 Å². The Morgan fingerprint density at radius 2 is 2.10 bits per heavy atom. The fraction of sp³-hybridized carbons (Fsp3) is 0.312. The van der Waals surface area contributed by atoms with Gasteiger partial charge in [-0.15, -0.1) is 0 Å². The van der Waals surface area contributed by atoms with Crippen molar-refractivity contribution in [3.05, 3.63) is 53.0 Å². The molecule has 4 nitrogen and oxygen atoms in total. The monoisotopic (exact) mass is 274 g/mol. The summed E-state index contributed by atoms with van der Waals surface area (Å²) in [6.45, 7) is 6.44. The molecule has 0 aliphatic carbocycles. The van der Waals surface area contributed by atoms with E-state index in [-0.39, 0.29) is 12.4 Å². The maximum atomic E-state index is 10.9. The van der Waals surface area contributed by atoms with Gasteiger partial charge >= 0.3 is 5.97 Å². The van der Waals surface area contributed by atoms with Crippen molar-refractivity contribution in [3.63, 3.8) is 0 Å². The number of benzene rings is 1. The van der Waals surface area contributed by atoms with E-state index in [2.05, 4.69) is 19.9 Å². The topological polar surface area (TPSA) is 59.7 Å². The number of rotatable bonds is 5. The van der Waals surface area contributed by atoms with Crippen LogP contribution in [0.5, 0.6) is 5.75 Å². The van der Waals surface area contributed by atoms with Crippen LogP contribution >= 0.6 is 0 Å². The lowest BCUT2D eigenvalue weighted by Gasteiger charge is -2.11. The fourth-order valence-electron chi connectivity index (χ4n) is 1.99. The van der Waals surface area contributed by atoms with Crippen LogP contribution in [-0.2, 0) is 6.61 Å². The smallest absolute Gasteiger partial charge is 0.372 e. The minimum Gasteiger partial charge on any atom is -0.489 e. The van der Waals surface area contributed by atoms with Gasteiger partial charge in [0, 0.05) is 5.56 Å². The predicted octanol–water partition coefficient (Wildman–Crippen LogP) is 3.99. The van der Waals surface area contributed by atoms with Gasteiger partial charge in [0.25, 0.3) is 0 Å². The van der Waals surface area contributed by atoms with Crippen LogP contribution in [0.2, 0.25) is 0 Å². The molecule has 4 heteroatoms. The fourth-order valence-corrected chi connectivity index (χ4v) is 1.99. The highest BCUT2D eigenvalue weighted by molar-refractivity contribution is 5.86. The first kappa shape index (κ1) is 14.2. The molecule has 0 spiro atoms. The van der Waals surface area contributed by atoms with Gasteiger partial charge in [0.05, 0.1) is 6.26 Å². The van der Waals surface area contributed by atoms with E-state index in [0.29, 0.717) is 11.5 Å². The molecule has 0 saturated carbocycles. The van der Waals surface area contributed by atoms with Crippen molar-refractivity contribution < 1.29 is 19.1 Å². The summed E-state index contributed by atoms with van der Waals surface area (Å²) >= 11 is 0. The Hall–Kier alpha value is -2.23. The van der Waals surface area contributed by atoms with Crippen molar-refractivity contribution in [1.82, 2.24) is 0 Å². The molecule has 1 aromatic carbocycles. The summed E-state index contributed by atoms with van der Waals surface area (Å²) in [5.41, 5.74) is 2.85. The van der Waals surface area contributed by atoms with Crippen molar-refractivity contribution in [2.45, 2.75) is 33.3 Å². The highest BCUT2D eigenvalue weighted by Crippen LogP contribution is 2.24. The van der Waals surface area contributed by atoms with Crippen molar-refractivity contribution in [1.29, 1.82) is 0 Å². The second-order valence-electron chi connectivity index (χ2n) is 5.10. The van der Waals surface area contributed by atoms with Gasteiger partial charge in [0.1, 0.15) is 12.4 Å². The maximum absolute atomic E-state index is 10.9. The lowest BCUT2D eigenvalue weighted by molar-refractivity contribution is 0.0658. The second kappa shape index (κ2) is 5.82. The van der Waals surface area contributed by atoms with Gasteiger partial charge in [-0.05, 0) is 42.2 Å². The summed E-state index contributed by atoms with van der Waals surface area (Å²) in [7, 11) is 0. The molecular formula is C16H18O4. The maximum Gasteiger partial charge on any atom is 0.372 e. The molecule has 106 valence electrons. The number of furan rings is 1. The third kappa shape index (κ3) is 3.20. The van der Waals surface area contributed by atoms with Gasteiger partial charge in [-0.2, -0.15) is 0 Å². The molecule has 0 atom stereocenters. The molecule has 0 radical (unpaired) electrons. The van der Waals surface area contributed by atoms with Crippen LogP contribution in [-0.4, -0.2) is 11.1 Å². The summed E-state index contributed by atoms with van der Waals surface area (Å²) in [6.07, 6.45) is 1.36. The molecule has 0 fully saturated rings. The highest BCUT2D eigenvalue weighted by atomic mass is 16.5. The molecule has 0 aliphatic heterocycles. The van der Waals surface area contributed by atoms with Gasteiger partial charge in [-0.3, -0.25) is 0 Å². The van der Waals surface area contributed by atoms with E-state index < -0.39 is 5.97 Å². The minimum atomic E-state index is -1.08. The number of carboxylic acids is 1. The first-order chi connectivity index (χ1) is 9.47. The number of aromatic carboxylic acids is 1. The molecule has 0 saturated heterocycles. The highest BCUT2D eigenvalue weighted by Gasteiger charge is 2.14. The van der Waals surface area contributed by atoms with Gasteiger partial charge in [0.15, 0.2) is 0 Å². The molecule has 1 N–H and O–H groups in total. The SMILES string of the molecule is Cc1cc(OCc2ccoc2C(=O)O)cc(C(C)C)c1. The van der Waals surface area contributed by atoms with Crippen molar-refractivity contribution in [3.8, 4) is 5.75 Å². The Kier molecular flexibility index (Phi) is 4.13. The standard InChI is InChI=1S/C16H18O4/c1-10(2)13-6-11(3)7-14(8-13)20-9-12-4-5-19-15(12)16(17)18/h4-8,10H,9H2,1-3H3,(H,17,18). The molecule has 2 rings (SSSR count). The number of hydrogen-bond acceptors (Lipinski definition) is 3. The van der Waals surface area contributed by atoms with E-state index in [1.165, 1.54) is 11.8 Å². The van der Waals surface area contributed by atoms with Gasteiger partial charge < -0.3 is 14.3 Å². The first-order valence-corrected chi connectivity index (χ1v) is 6.51. The van der Waals surface area contributed by atoms with Crippen LogP contribution in [0, 0.1) is 6.92 Å². The number of aryl methyl sites for hydroxylation is 1. The minimum absolute atomic E-state index is 0.0678. The average Bonchev–Trinajstić information content (AvgIpc) is 2.84. The molecule has 0 amide bonds. The Bertz CT molecular complexity index is 611. The number of carboxylic acid groups (broad SMARTS) is 1. The van der Waals surface area contributed by atoms with E-state index >= 15 is 0 Å². The molecule has 0 unspecified atom stereocenters. The molecular weight excluding hydrogens is 256 g/mol. The summed E-state index contributed by atoms with van der Waals surface area (Å²) in [5, 5.41) is 8.96. The van der Waals surface area contributed by atoms with E-state index in [1.54, 1.807) is 6.07 Å².